The van der Waals surface area contributed by atoms with Crippen LogP contribution in [0.2, 0.25) is 5.02 Å². The number of likely N-dealkylation sites (N-methyl/N-ethyl adjacent to an activating group) is 1. The van der Waals surface area contributed by atoms with E-state index >= 15 is 0 Å². The summed E-state index contributed by atoms with van der Waals surface area (Å²) in [5, 5.41) is 32.5. The van der Waals surface area contributed by atoms with Crippen molar-refractivity contribution in [3.05, 3.63) is 107 Å². The molecule has 1 saturated heterocycles. The topological polar surface area (TPSA) is 233 Å². The van der Waals surface area contributed by atoms with Crippen LogP contribution in [0.4, 0.5) is 0 Å². The molecule has 3 unspecified atom stereocenters. The van der Waals surface area contributed by atoms with Crippen LogP contribution in [-0.4, -0.2) is 102 Å². The average Bonchev–Trinajstić information content (AvgIpc) is 4.09. The molecular weight excluding hydrogens is 780 g/mol. The largest absolute Gasteiger partial charge is 0.507 e. The number of aromatic hydroxyl groups is 2. The van der Waals surface area contributed by atoms with E-state index in [1.165, 1.54) is 50.2 Å². The lowest BCUT2D eigenvalue weighted by molar-refractivity contribution is -0.139. The van der Waals surface area contributed by atoms with Crippen LogP contribution in [0.3, 0.4) is 0 Å². The molecule has 59 heavy (non-hydrogen) atoms. The quantitative estimate of drug-likeness (QED) is 0.109. The van der Waals surface area contributed by atoms with Crippen LogP contribution < -0.4 is 27.0 Å². The molecule has 15 nitrogen and oxygen atoms in total. The number of amides is 5. The van der Waals surface area contributed by atoms with E-state index in [4.69, 9.17) is 22.1 Å². The number of ether oxygens (including phenoxy) is 1. The molecule has 2 heterocycles. The normalized spacial score (nSPS) is 17.1. The van der Waals surface area contributed by atoms with Gasteiger partial charge in [0.15, 0.2) is 5.78 Å². The Kier molecular flexibility index (Phi) is 15.2. The summed E-state index contributed by atoms with van der Waals surface area (Å²) < 4.78 is 4.96. The third kappa shape index (κ3) is 11.9. The average molecular weight is 827 g/mol. The van der Waals surface area contributed by atoms with E-state index < -0.39 is 60.8 Å². The first-order chi connectivity index (χ1) is 28.3. The number of carbonyl (C=O) groups is 6. The molecule has 3 atom stereocenters. The smallest absolute Gasteiger partial charge is 0.251 e. The monoisotopic (exact) mass is 826 g/mol. The minimum atomic E-state index is -1.37. The maximum absolute atomic E-state index is 13.8. The Labute approximate surface area is 346 Å². The second-order valence-corrected chi connectivity index (χ2v) is 14.4. The van der Waals surface area contributed by atoms with Gasteiger partial charge in [-0.3, -0.25) is 28.8 Å². The Balaban J connectivity index is 0.00000125. The number of phenols is 2. The van der Waals surface area contributed by atoms with Crippen LogP contribution in [0.25, 0.3) is 22.3 Å². The Morgan fingerprint density at radius 1 is 0.881 bits per heavy atom. The Morgan fingerprint density at radius 2 is 1.51 bits per heavy atom. The molecule has 0 aliphatic carbocycles. The first kappa shape index (κ1) is 43.8. The number of nitrogens with zero attached hydrogens (tertiary/aromatic N) is 1. The number of fused-ring (bicyclic) bond motifs is 5. The first-order valence-electron chi connectivity index (χ1n) is 19.0. The van der Waals surface area contributed by atoms with Gasteiger partial charge in [-0.25, -0.2) is 0 Å². The highest BCUT2D eigenvalue weighted by Crippen LogP contribution is 2.38. The number of nitrogens with two attached hydrogens (primary N) is 1. The lowest BCUT2D eigenvalue weighted by atomic mass is 9.94. The van der Waals surface area contributed by atoms with Crippen molar-refractivity contribution in [1.82, 2.24) is 26.2 Å². The fourth-order valence-corrected chi connectivity index (χ4v) is 6.33. The Morgan fingerprint density at radius 3 is 2.12 bits per heavy atom. The zero-order chi connectivity index (χ0) is 42.6. The van der Waals surface area contributed by atoms with Crippen molar-refractivity contribution in [1.29, 1.82) is 0 Å². The summed E-state index contributed by atoms with van der Waals surface area (Å²) in [6.45, 7) is 1.87. The molecule has 1 fully saturated rings. The van der Waals surface area contributed by atoms with Crippen molar-refractivity contribution in [3.8, 4) is 33.8 Å². The molecule has 16 heteroatoms. The van der Waals surface area contributed by atoms with E-state index in [0.717, 1.165) is 22.6 Å². The van der Waals surface area contributed by atoms with Gasteiger partial charge in [0.05, 0.1) is 26.2 Å². The molecule has 4 aromatic carbocycles. The van der Waals surface area contributed by atoms with Crippen LogP contribution >= 0.6 is 11.6 Å². The molecule has 310 valence electrons. The lowest BCUT2D eigenvalue weighted by Gasteiger charge is -2.29. The van der Waals surface area contributed by atoms with Crippen molar-refractivity contribution in [3.63, 3.8) is 0 Å². The maximum Gasteiger partial charge on any atom is 0.251 e. The van der Waals surface area contributed by atoms with Gasteiger partial charge in [-0.2, -0.15) is 0 Å². The number of hydrogen-bond acceptors (Lipinski definition) is 10. The van der Waals surface area contributed by atoms with Gasteiger partial charge in [0.1, 0.15) is 29.7 Å². The molecule has 5 amide bonds. The highest BCUT2D eigenvalue weighted by atomic mass is 35.5. The molecule has 2 aliphatic heterocycles. The first-order valence-corrected chi connectivity index (χ1v) is 19.4. The number of rotatable bonds is 11. The number of ketones is 1. The van der Waals surface area contributed by atoms with Gasteiger partial charge in [-0.15, -0.1) is 0 Å². The second kappa shape index (κ2) is 20.4. The maximum atomic E-state index is 13.8. The standard InChI is InChI=1S/C39H36ClN5O9.C4H11N/c1-45(35(50)19-43-37(51)24-5-3-22(4-6-24)23-7-10-26(40)11-8-23)36-25-9-13-31(47)28(16-25)27-14-21(2-12-30(27)46)15-29(44-34(49)18-42-39(36)53)38(52)41-17-32(48)33-20-54-33;1-2-3-4-5/h2-14,16,29,33,36,46-47H,15,17-20H2,1H3,(H,41,52)(H,42,53)(H,43,51)(H,44,49);2-5H2,1H3. The molecule has 0 spiro atoms. The summed E-state index contributed by atoms with van der Waals surface area (Å²) in [4.78, 5) is 79.8. The fraction of sp³-hybridized carbons (Fsp3) is 0.302. The summed E-state index contributed by atoms with van der Waals surface area (Å²) >= 11 is 5.98. The predicted molar refractivity (Wildman–Crippen MR) is 220 cm³/mol. The third-order valence-corrected chi connectivity index (χ3v) is 9.90. The second-order valence-electron chi connectivity index (χ2n) is 14.0. The fourth-order valence-electron chi connectivity index (χ4n) is 6.20. The van der Waals surface area contributed by atoms with Crippen molar-refractivity contribution in [2.24, 2.45) is 5.73 Å². The summed E-state index contributed by atoms with van der Waals surface area (Å²) in [5.41, 5.74) is 8.19. The van der Waals surface area contributed by atoms with Crippen molar-refractivity contribution < 1.29 is 43.7 Å². The molecule has 0 saturated carbocycles. The van der Waals surface area contributed by atoms with Gasteiger partial charge in [0.25, 0.3) is 5.91 Å². The zero-order valence-electron chi connectivity index (χ0n) is 32.6. The number of epoxide rings is 1. The molecule has 8 N–H and O–H groups in total. The number of nitrogens with one attached hydrogen (secondary N) is 4. The van der Waals surface area contributed by atoms with Gasteiger partial charge in [0.2, 0.25) is 23.6 Å². The molecule has 6 rings (SSSR count). The van der Waals surface area contributed by atoms with Crippen molar-refractivity contribution in [2.45, 2.75) is 44.4 Å². The zero-order valence-corrected chi connectivity index (χ0v) is 33.4. The minimum absolute atomic E-state index is 0.0640. The van der Waals surface area contributed by atoms with Crippen molar-refractivity contribution in [2.75, 3.05) is 39.8 Å². The van der Waals surface area contributed by atoms with Gasteiger partial charge in [-0.05, 0) is 83.8 Å². The van der Waals surface area contributed by atoms with Gasteiger partial charge in [0, 0.05) is 35.2 Å². The predicted octanol–water partition coefficient (Wildman–Crippen LogP) is 3.00. The Hall–Kier alpha value is -6.29. The van der Waals surface area contributed by atoms with Crippen molar-refractivity contribution >= 4 is 46.9 Å². The van der Waals surface area contributed by atoms with Gasteiger partial charge >= 0.3 is 0 Å². The molecule has 0 radical (unpaired) electrons. The van der Waals surface area contributed by atoms with E-state index in [2.05, 4.69) is 28.2 Å². The summed E-state index contributed by atoms with van der Waals surface area (Å²) in [6, 6.07) is 20.0. The van der Waals surface area contributed by atoms with E-state index in [9.17, 15) is 39.0 Å². The van der Waals surface area contributed by atoms with E-state index in [-0.39, 0.29) is 53.5 Å². The molecule has 4 bridgehead atoms. The van der Waals surface area contributed by atoms with Gasteiger partial charge < -0.3 is 46.9 Å². The summed E-state index contributed by atoms with van der Waals surface area (Å²) in [6.07, 6.45) is 1.75. The van der Waals surface area contributed by atoms with Crippen LogP contribution in [0.1, 0.15) is 47.3 Å². The Bertz CT molecular complexity index is 2180. The molecular formula is C43H47ClN6O9. The summed E-state index contributed by atoms with van der Waals surface area (Å²) in [5.74, 6) is -4.17. The molecule has 2 aliphatic rings. The lowest BCUT2D eigenvalue weighted by Crippen LogP contribution is -2.52. The molecule has 0 aromatic heterocycles. The number of benzene rings is 4. The number of phenolic OH excluding ortho intramolecular Hbond substituents is 2. The highest BCUT2D eigenvalue weighted by Gasteiger charge is 2.33. The molecule has 4 aromatic rings. The van der Waals surface area contributed by atoms with E-state index in [1.54, 1.807) is 42.5 Å². The number of halogens is 1. The minimum Gasteiger partial charge on any atom is -0.507 e. The number of carbonyl (C=O) groups excluding carboxylic acids is 6. The number of unbranched alkanes of at least 4 members (excludes halogenated alkanes) is 1. The van der Waals surface area contributed by atoms with Crippen LogP contribution in [0.15, 0.2) is 84.9 Å². The number of hydrogen-bond donors (Lipinski definition) is 7. The highest BCUT2D eigenvalue weighted by molar-refractivity contribution is 6.30. The van der Waals surface area contributed by atoms with Crippen LogP contribution in [0, 0.1) is 0 Å². The summed E-state index contributed by atoms with van der Waals surface area (Å²) in [7, 11) is 1.35. The van der Waals surface area contributed by atoms with Gasteiger partial charge in [-0.1, -0.05) is 61.3 Å². The van der Waals surface area contributed by atoms with Crippen LogP contribution in [0.5, 0.6) is 11.5 Å². The van der Waals surface area contributed by atoms with E-state index in [0.29, 0.717) is 16.1 Å². The SMILES string of the molecule is CCCCN.CN(C(=O)CNC(=O)c1ccc(-c2ccc(Cl)cc2)cc1)C1C(=O)NCC(=O)NC(C(=O)NCC(=O)C2CO2)Cc2ccc(O)c(c2)-c2cc1ccc2O. The van der Waals surface area contributed by atoms with Crippen LogP contribution in [-0.2, 0) is 35.1 Å². The number of Topliss-reactive ketones (excluding diaryl/α,β-unsaturated/α-hetero) is 1. The van der Waals surface area contributed by atoms with E-state index in [1.807, 2.05) is 12.1 Å². The third-order valence-electron chi connectivity index (χ3n) is 9.64.